The zero-order valence-corrected chi connectivity index (χ0v) is 18.0. The molecule has 3 N–H and O–H groups in total. The number of carbonyl (C=O) groups is 1. The maximum absolute atomic E-state index is 13.0. The average Bonchev–Trinajstić information content (AvgIpc) is 3.56. The van der Waals surface area contributed by atoms with Crippen LogP contribution in [-0.4, -0.2) is 32.6 Å². The van der Waals surface area contributed by atoms with Crippen LogP contribution in [0.4, 0.5) is 5.69 Å². The quantitative estimate of drug-likeness (QED) is 0.539. The highest BCUT2D eigenvalue weighted by Gasteiger charge is 2.31. The normalized spacial score (nSPS) is 24.3. The number of benzene rings is 2. The molecule has 2 aromatic carbocycles. The third-order valence-electron chi connectivity index (χ3n) is 6.39. The molecule has 170 valence electrons. The number of carbonyl (C=O) groups excluding carboxylic acids is 1. The van der Waals surface area contributed by atoms with E-state index in [1.165, 1.54) is 16.8 Å². The maximum atomic E-state index is 13.0. The molecule has 0 unspecified atom stereocenters. The van der Waals surface area contributed by atoms with E-state index in [1.807, 2.05) is 30.3 Å². The smallest absolute Gasteiger partial charge is 0.254 e. The first kappa shape index (κ1) is 17.2. The summed E-state index contributed by atoms with van der Waals surface area (Å²) in [6, 6.07) is 8.43. The average molecular weight is 449 g/mol. The van der Waals surface area contributed by atoms with Gasteiger partial charge in [-0.15, -0.1) is 0 Å². The number of anilines is 1. The molecular formula is C26H28N4O3. The Balaban J connectivity index is 1.33. The second kappa shape index (κ2) is 9.29. The second-order valence-electron chi connectivity index (χ2n) is 8.57. The lowest BCUT2D eigenvalue weighted by Gasteiger charge is -2.20. The van der Waals surface area contributed by atoms with E-state index < -0.39 is 18.1 Å². The van der Waals surface area contributed by atoms with Crippen molar-refractivity contribution in [2.75, 3.05) is 5.32 Å². The van der Waals surface area contributed by atoms with E-state index in [4.69, 9.17) is 5.48 Å². The Morgan fingerprint density at radius 1 is 1.18 bits per heavy atom. The zero-order chi connectivity index (χ0) is 26.3. The van der Waals surface area contributed by atoms with Crippen molar-refractivity contribution >= 4 is 11.6 Å². The van der Waals surface area contributed by atoms with E-state index in [9.17, 15) is 14.7 Å². The lowest BCUT2D eigenvalue weighted by molar-refractivity contribution is -0.119. The van der Waals surface area contributed by atoms with Gasteiger partial charge in [-0.05, 0) is 48.9 Å². The van der Waals surface area contributed by atoms with Crippen LogP contribution >= 0.6 is 0 Å². The summed E-state index contributed by atoms with van der Waals surface area (Å²) < 4.78 is 35.3. The lowest BCUT2D eigenvalue weighted by atomic mass is 10.0. The first-order chi connectivity index (χ1) is 17.8. The predicted octanol–water partition coefficient (Wildman–Crippen LogP) is 2.77. The summed E-state index contributed by atoms with van der Waals surface area (Å²) >= 11 is 0. The first-order valence-electron chi connectivity index (χ1n) is 13.2. The summed E-state index contributed by atoms with van der Waals surface area (Å²) in [6.45, 7) is 0. The van der Waals surface area contributed by atoms with Crippen LogP contribution in [0.25, 0.3) is 0 Å². The van der Waals surface area contributed by atoms with Crippen LogP contribution in [0.15, 0.2) is 71.6 Å². The molecule has 4 atom stereocenters. The monoisotopic (exact) mass is 448 g/mol. The molecule has 0 bridgehead atoms. The predicted molar refractivity (Wildman–Crippen MR) is 126 cm³/mol. The Morgan fingerprint density at radius 2 is 1.97 bits per heavy atom. The molecule has 0 saturated carbocycles. The summed E-state index contributed by atoms with van der Waals surface area (Å²) in [5.41, 5.74) is 0.517. The topological polar surface area (TPSA) is 96.2 Å². The van der Waals surface area contributed by atoms with Crippen LogP contribution < -0.4 is 16.2 Å². The summed E-state index contributed by atoms with van der Waals surface area (Å²) in [6.07, 6.45) is 3.23. The number of nitrogens with one attached hydrogen (secondary N) is 2. The third kappa shape index (κ3) is 4.60. The van der Waals surface area contributed by atoms with Crippen molar-refractivity contribution < 1.29 is 15.4 Å². The van der Waals surface area contributed by atoms with Gasteiger partial charge in [-0.2, -0.15) is 0 Å². The molecule has 3 aromatic rings. The van der Waals surface area contributed by atoms with E-state index in [0.29, 0.717) is 25.1 Å². The minimum Gasteiger partial charge on any atom is -0.387 e. The number of nitrogens with zero attached hydrogens (tertiary/aromatic N) is 2. The summed E-state index contributed by atoms with van der Waals surface area (Å²) in [4.78, 5) is 29.4. The molecule has 0 radical (unpaired) electrons. The van der Waals surface area contributed by atoms with Crippen LogP contribution in [0.2, 0.25) is 0 Å². The number of aliphatic hydroxyl groups is 1. The molecule has 2 aliphatic heterocycles. The van der Waals surface area contributed by atoms with Crippen molar-refractivity contribution in [1.82, 2.24) is 14.9 Å². The van der Waals surface area contributed by atoms with E-state index in [1.54, 1.807) is 0 Å². The lowest BCUT2D eigenvalue weighted by Crippen LogP contribution is -2.35. The SMILES string of the molecule is [2H]c1c([2H])c(NC(=O)[C@@H]2CCc3nccc(=O)n32)c([2H])c([2H])c1C[C@@H]1CC[C@H]([C@H](O)c2ccccc2)N1. The van der Waals surface area contributed by atoms with Gasteiger partial charge in [0.25, 0.3) is 5.56 Å². The van der Waals surface area contributed by atoms with Crippen molar-refractivity contribution in [3.05, 3.63) is 94.1 Å². The fraction of sp³-hybridized carbons (Fsp3) is 0.346. The molecule has 3 heterocycles. The number of aromatic nitrogens is 2. The second-order valence-corrected chi connectivity index (χ2v) is 8.57. The molecule has 1 amide bonds. The number of aryl methyl sites for hydroxylation is 1. The number of aliphatic hydroxyl groups excluding tert-OH is 1. The molecule has 1 saturated heterocycles. The van der Waals surface area contributed by atoms with Gasteiger partial charge in [0.05, 0.1) is 11.6 Å². The Morgan fingerprint density at radius 3 is 2.76 bits per heavy atom. The number of rotatable bonds is 6. The van der Waals surface area contributed by atoms with Gasteiger partial charge in [-0.3, -0.25) is 14.2 Å². The van der Waals surface area contributed by atoms with Crippen LogP contribution in [-0.2, 0) is 17.6 Å². The van der Waals surface area contributed by atoms with Gasteiger partial charge in [-0.25, -0.2) is 4.98 Å². The number of hydrogen-bond acceptors (Lipinski definition) is 5. The van der Waals surface area contributed by atoms with E-state index >= 15 is 0 Å². The number of amides is 1. The van der Waals surface area contributed by atoms with Gasteiger partial charge in [0.2, 0.25) is 5.91 Å². The van der Waals surface area contributed by atoms with Crippen molar-refractivity contribution in [1.29, 1.82) is 0 Å². The molecule has 1 aromatic heterocycles. The highest BCUT2D eigenvalue weighted by atomic mass is 16.3. The van der Waals surface area contributed by atoms with Gasteiger partial charge < -0.3 is 15.7 Å². The van der Waals surface area contributed by atoms with Gasteiger partial charge in [0.1, 0.15) is 11.9 Å². The zero-order valence-electron chi connectivity index (χ0n) is 22.0. The molecule has 33 heavy (non-hydrogen) atoms. The molecule has 0 spiro atoms. The third-order valence-corrected chi connectivity index (χ3v) is 6.39. The van der Waals surface area contributed by atoms with Crippen LogP contribution in [0, 0.1) is 0 Å². The summed E-state index contributed by atoms with van der Waals surface area (Å²) in [5, 5.41) is 16.7. The van der Waals surface area contributed by atoms with E-state index in [2.05, 4.69) is 15.6 Å². The minimum atomic E-state index is -0.825. The van der Waals surface area contributed by atoms with Crippen LogP contribution in [0.5, 0.6) is 0 Å². The first-order valence-corrected chi connectivity index (χ1v) is 11.2. The van der Waals surface area contributed by atoms with Crippen molar-refractivity contribution in [2.45, 2.75) is 56.3 Å². The minimum absolute atomic E-state index is 0.120. The van der Waals surface area contributed by atoms with Gasteiger partial charge >= 0.3 is 0 Å². The highest BCUT2D eigenvalue weighted by Crippen LogP contribution is 2.27. The maximum Gasteiger partial charge on any atom is 0.254 e. The van der Waals surface area contributed by atoms with Crippen molar-refractivity contribution in [3.8, 4) is 0 Å². The van der Waals surface area contributed by atoms with Gasteiger partial charge in [0.15, 0.2) is 0 Å². The van der Waals surface area contributed by atoms with E-state index in [0.717, 1.165) is 12.0 Å². The Labute approximate surface area is 198 Å². The number of hydrogen-bond donors (Lipinski definition) is 3. The summed E-state index contributed by atoms with van der Waals surface area (Å²) in [5.74, 6) is -0.0695. The standard InChI is InChI=1S/C26H28N4O3/c31-24-14-15-27-23-13-12-22(30(23)24)26(33)29-19-8-6-17(7-9-19)16-20-10-11-21(28-20)25(32)18-4-2-1-3-5-18/h1-9,14-15,20-22,25,28,32H,10-13,16H2,(H,29,33)/t20-,21+,22-,25+/m0/s1/i6D,7D,8D,9D. The van der Waals surface area contributed by atoms with Gasteiger partial charge in [0, 0.05) is 36.5 Å². The highest BCUT2D eigenvalue weighted by molar-refractivity contribution is 5.94. The largest absolute Gasteiger partial charge is 0.387 e. The fourth-order valence-electron chi connectivity index (χ4n) is 4.72. The molecule has 7 heteroatoms. The Hall–Kier alpha value is -3.29. The molecule has 5 rings (SSSR count). The Kier molecular flexibility index (Phi) is 4.85. The fourth-order valence-corrected chi connectivity index (χ4v) is 4.72. The van der Waals surface area contributed by atoms with Crippen molar-refractivity contribution in [3.63, 3.8) is 0 Å². The van der Waals surface area contributed by atoms with Crippen LogP contribution in [0.1, 0.15) is 53.8 Å². The summed E-state index contributed by atoms with van der Waals surface area (Å²) in [7, 11) is 0. The molecule has 7 nitrogen and oxygen atoms in total. The molecule has 2 aliphatic rings. The Bertz CT molecular complexity index is 1370. The van der Waals surface area contributed by atoms with E-state index in [-0.39, 0.29) is 59.5 Å². The molecular weight excluding hydrogens is 416 g/mol. The van der Waals surface area contributed by atoms with Crippen molar-refractivity contribution in [2.24, 2.45) is 0 Å². The van der Waals surface area contributed by atoms with Gasteiger partial charge in [-0.1, -0.05) is 42.4 Å². The molecule has 0 aliphatic carbocycles. The van der Waals surface area contributed by atoms with Crippen LogP contribution in [0.3, 0.4) is 0 Å². The number of fused-ring (bicyclic) bond motifs is 1. The molecule has 1 fully saturated rings.